The summed E-state index contributed by atoms with van der Waals surface area (Å²) in [5.74, 6) is 3.04. The minimum absolute atomic E-state index is 0.952. The lowest BCUT2D eigenvalue weighted by atomic mass is 9.89. The molecule has 2 bridgehead atoms. The van der Waals surface area contributed by atoms with Gasteiger partial charge in [-0.2, -0.15) is 0 Å². The smallest absolute Gasteiger partial charge is 0.0457 e. The van der Waals surface area contributed by atoms with Crippen LogP contribution in [0.25, 0.3) is 10.9 Å². The van der Waals surface area contributed by atoms with Gasteiger partial charge in [0, 0.05) is 18.3 Å². The van der Waals surface area contributed by atoms with Crippen LogP contribution in [0.15, 0.2) is 30.5 Å². The molecule has 2 aliphatic rings. The van der Waals surface area contributed by atoms with Gasteiger partial charge >= 0.3 is 0 Å². The number of fused-ring (bicyclic) bond motifs is 3. The molecule has 2 aromatic rings. The molecule has 0 aliphatic heterocycles. The van der Waals surface area contributed by atoms with E-state index in [1.807, 2.05) is 6.20 Å². The highest BCUT2D eigenvalue weighted by Crippen LogP contribution is 2.47. The largest absolute Gasteiger partial charge is 0.361 e. The minimum atomic E-state index is 0.952. The fraction of sp³-hybridized carbons (Fsp3) is 0.529. The molecule has 0 radical (unpaired) electrons. The molecule has 2 N–H and O–H groups in total. The molecule has 2 fully saturated rings. The van der Waals surface area contributed by atoms with Crippen molar-refractivity contribution < 1.29 is 0 Å². The zero-order valence-electron chi connectivity index (χ0n) is 11.4. The first-order valence-corrected chi connectivity index (χ1v) is 7.65. The third-order valence-corrected chi connectivity index (χ3v) is 5.24. The van der Waals surface area contributed by atoms with Crippen LogP contribution < -0.4 is 5.32 Å². The molecule has 2 aliphatic carbocycles. The SMILES string of the molecule is c1cc2ccc(CNCC3CC4CCC3C4)cc2[nH]1. The molecule has 0 amide bonds. The molecular formula is C17H22N2. The van der Waals surface area contributed by atoms with Crippen LogP contribution in [-0.2, 0) is 6.54 Å². The number of hydrogen-bond acceptors (Lipinski definition) is 1. The molecule has 1 aromatic heterocycles. The van der Waals surface area contributed by atoms with Crippen molar-refractivity contribution in [3.63, 3.8) is 0 Å². The van der Waals surface area contributed by atoms with Gasteiger partial charge < -0.3 is 10.3 Å². The van der Waals surface area contributed by atoms with Gasteiger partial charge in [0.25, 0.3) is 0 Å². The summed E-state index contributed by atoms with van der Waals surface area (Å²) in [6, 6.07) is 8.84. The summed E-state index contributed by atoms with van der Waals surface area (Å²) in [4.78, 5) is 3.29. The zero-order chi connectivity index (χ0) is 12.7. The van der Waals surface area contributed by atoms with Gasteiger partial charge in [-0.15, -0.1) is 0 Å². The van der Waals surface area contributed by atoms with Crippen molar-refractivity contribution in [1.29, 1.82) is 0 Å². The maximum Gasteiger partial charge on any atom is 0.0457 e. The Labute approximate surface area is 114 Å². The van der Waals surface area contributed by atoms with E-state index in [9.17, 15) is 0 Å². The van der Waals surface area contributed by atoms with E-state index >= 15 is 0 Å². The lowest BCUT2D eigenvalue weighted by molar-refractivity contribution is 0.318. The zero-order valence-corrected chi connectivity index (χ0v) is 11.4. The van der Waals surface area contributed by atoms with E-state index in [-0.39, 0.29) is 0 Å². The molecule has 2 saturated carbocycles. The second-order valence-electron chi connectivity index (χ2n) is 6.47. The average molecular weight is 254 g/mol. The van der Waals surface area contributed by atoms with Gasteiger partial charge in [-0.1, -0.05) is 18.6 Å². The Bertz CT molecular complexity index is 571. The van der Waals surface area contributed by atoms with Crippen LogP contribution in [0.4, 0.5) is 0 Å². The van der Waals surface area contributed by atoms with Crippen molar-refractivity contribution in [2.24, 2.45) is 17.8 Å². The maximum absolute atomic E-state index is 3.67. The number of nitrogens with one attached hydrogen (secondary N) is 2. The van der Waals surface area contributed by atoms with Crippen molar-refractivity contribution >= 4 is 10.9 Å². The molecule has 0 spiro atoms. The summed E-state index contributed by atoms with van der Waals surface area (Å²) in [6.45, 7) is 2.22. The highest BCUT2D eigenvalue weighted by molar-refractivity contribution is 5.79. The van der Waals surface area contributed by atoms with Gasteiger partial charge in [0.15, 0.2) is 0 Å². The second-order valence-corrected chi connectivity index (χ2v) is 6.47. The summed E-state index contributed by atoms with van der Waals surface area (Å²) in [6.07, 6.45) is 8.00. The van der Waals surface area contributed by atoms with Gasteiger partial charge in [0.1, 0.15) is 0 Å². The number of aromatic amines is 1. The second kappa shape index (κ2) is 4.68. The van der Waals surface area contributed by atoms with Crippen molar-refractivity contribution in [3.8, 4) is 0 Å². The fourth-order valence-electron chi connectivity index (χ4n) is 4.23. The van der Waals surface area contributed by atoms with Gasteiger partial charge in [-0.05, 0) is 66.6 Å². The van der Waals surface area contributed by atoms with E-state index in [1.165, 1.54) is 48.7 Å². The van der Waals surface area contributed by atoms with E-state index < -0.39 is 0 Å². The third kappa shape index (κ3) is 2.18. The molecule has 2 nitrogen and oxygen atoms in total. The summed E-state index contributed by atoms with van der Waals surface area (Å²) in [5.41, 5.74) is 2.64. The van der Waals surface area contributed by atoms with Gasteiger partial charge in [0.2, 0.25) is 0 Å². The molecule has 3 unspecified atom stereocenters. The Kier molecular flexibility index (Phi) is 2.84. The lowest BCUT2D eigenvalue weighted by Gasteiger charge is -2.21. The van der Waals surface area contributed by atoms with E-state index in [0.29, 0.717) is 0 Å². The van der Waals surface area contributed by atoms with E-state index in [0.717, 1.165) is 24.3 Å². The molecule has 19 heavy (non-hydrogen) atoms. The topological polar surface area (TPSA) is 27.8 Å². The normalized spacial score (nSPS) is 29.4. The van der Waals surface area contributed by atoms with E-state index in [4.69, 9.17) is 0 Å². The van der Waals surface area contributed by atoms with Crippen LogP contribution in [0.2, 0.25) is 0 Å². The first-order valence-electron chi connectivity index (χ1n) is 7.65. The van der Waals surface area contributed by atoms with Crippen molar-refractivity contribution in [2.75, 3.05) is 6.54 Å². The van der Waals surface area contributed by atoms with Gasteiger partial charge in [0.05, 0.1) is 0 Å². The number of H-pyrrole nitrogens is 1. The van der Waals surface area contributed by atoms with E-state index in [1.54, 1.807) is 0 Å². The summed E-state index contributed by atoms with van der Waals surface area (Å²) in [5, 5.41) is 4.97. The monoisotopic (exact) mass is 254 g/mol. The van der Waals surface area contributed by atoms with Crippen molar-refractivity contribution in [3.05, 3.63) is 36.0 Å². The first-order chi connectivity index (χ1) is 9.38. The number of aromatic nitrogens is 1. The molecule has 1 heterocycles. The quantitative estimate of drug-likeness (QED) is 0.855. The molecule has 3 atom stereocenters. The summed E-state index contributed by atoms with van der Waals surface area (Å²) >= 11 is 0. The molecule has 4 rings (SSSR count). The van der Waals surface area contributed by atoms with Crippen molar-refractivity contribution in [1.82, 2.24) is 10.3 Å². The lowest BCUT2D eigenvalue weighted by Crippen LogP contribution is -2.26. The van der Waals surface area contributed by atoms with Crippen LogP contribution in [0.5, 0.6) is 0 Å². The minimum Gasteiger partial charge on any atom is -0.361 e. The predicted molar refractivity (Wildman–Crippen MR) is 78.9 cm³/mol. The number of hydrogen-bond donors (Lipinski definition) is 2. The third-order valence-electron chi connectivity index (χ3n) is 5.24. The average Bonchev–Trinajstić information content (AvgIpc) is 3.14. The molecular weight excluding hydrogens is 232 g/mol. The summed E-state index contributed by atoms with van der Waals surface area (Å²) in [7, 11) is 0. The standard InChI is InChI=1S/C17H22N2/c1-4-15-7-12(1)8-16(15)11-18-10-13-2-3-14-5-6-19-17(14)9-13/h2-3,5-6,9,12,15-16,18-19H,1,4,7-8,10-11H2. The molecule has 0 saturated heterocycles. The Hall–Kier alpha value is -1.28. The Morgan fingerprint density at radius 1 is 1.16 bits per heavy atom. The molecule has 2 heteroatoms. The van der Waals surface area contributed by atoms with Gasteiger partial charge in [-0.3, -0.25) is 0 Å². The van der Waals surface area contributed by atoms with Crippen LogP contribution in [0, 0.1) is 17.8 Å². The van der Waals surface area contributed by atoms with Gasteiger partial charge in [-0.25, -0.2) is 0 Å². The van der Waals surface area contributed by atoms with Crippen LogP contribution in [0.1, 0.15) is 31.2 Å². The number of rotatable bonds is 4. The van der Waals surface area contributed by atoms with Crippen LogP contribution in [-0.4, -0.2) is 11.5 Å². The number of benzene rings is 1. The molecule has 1 aromatic carbocycles. The highest BCUT2D eigenvalue weighted by atomic mass is 14.9. The Morgan fingerprint density at radius 2 is 2.16 bits per heavy atom. The Balaban J connectivity index is 1.34. The summed E-state index contributed by atoms with van der Waals surface area (Å²) < 4.78 is 0. The van der Waals surface area contributed by atoms with Crippen molar-refractivity contribution in [2.45, 2.75) is 32.2 Å². The Morgan fingerprint density at radius 3 is 3.00 bits per heavy atom. The van der Waals surface area contributed by atoms with Crippen LogP contribution in [0.3, 0.4) is 0 Å². The first kappa shape index (κ1) is 11.5. The molecule has 100 valence electrons. The van der Waals surface area contributed by atoms with Crippen LogP contribution >= 0.6 is 0 Å². The van der Waals surface area contributed by atoms with E-state index in [2.05, 4.69) is 34.6 Å². The fourth-order valence-corrected chi connectivity index (χ4v) is 4.23. The maximum atomic E-state index is 3.67. The predicted octanol–water partition coefficient (Wildman–Crippen LogP) is 3.69. The highest BCUT2D eigenvalue weighted by Gasteiger charge is 2.38.